The average Bonchev–Trinajstić information content (AvgIpc) is 0.793. The van der Waals surface area contributed by atoms with Gasteiger partial charge in [0.1, 0.15) is 48.8 Å². The van der Waals surface area contributed by atoms with E-state index in [9.17, 15) is 45.6 Å². The third-order valence-corrected chi connectivity index (χ3v) is 20.2. The van der Waals surface area contributed by atoms with Crippen molar-refractivity contribution in [2.24, 2.45) is 0 Å². The van der Waals surface area contributed by atoms with E-state index in [0.717, 1.165) is 51.4 Å². The number of nitrogens with one attached hydrogen (secondary N) is 1. The zero-order valence-corrected chi connectivity index (χ0v) is 63.0. The molecule has 0 radical (unpaired) electrons. The van der Waals surface area contributed by atoms with Gasteiger partial charge in [-0.05, 0) is 77.0 Å². The third-order valence-electron chi connectivity index (χ3n) is 20.2. The number of hydrogen-bond acceptors (Lipinski definition) is 13. The van der Waals surface area contributed by atoms with Crippen molar-refractivity contribution >= 4 is 5.91 Å². The van der Waals surface area contributed by atoms with Crippen LogP contribution < -0.4 is 5.32 Å². The molecule has 14 nitrogen and oxygen atoms in total. The predicted molar refractivity (Wildman–Crippen MR) is 406 cm³/mol. The Balaban J connectivity index is 1.59. The molecule has 0 aromatic rings. The lowest BCUT2D eigenvalue weighted by molar-refractivity contribution is -0.359. The second-order valence-corrected chi connectivity index (χ2v) is 29.2. The minimum absolute atomic E-state index is 0.247. The predicted octanol–water partition coefficient (Wildman–Crippen LogP) is 19.1. The van der Waals surface area contributed by atoms with Gasteiger partial charge in [0, 0.05) is 6.42 Å². The van der Waals surface area contributed by atoms with Gasteiger partial charge >= 0.3 is 0 Å². The molecule has 0 aliphatic carbocycles. The molecule has 2 saturated heterocycles. The van der Waals surface area contributed by atoms with E-state index in [-0.39, 0.29) is 18.9 Å². The van der Waals surface area contributed by atoms with Crippen LogP contribution in [0.5, 0.6) is 0 Å². The molecule has 2 heterocycles. The zero-order chi connectivity index (χ0) is 70.8. The van der Waals surface area contributed by atoms with E-state index in [2.05, 4.69) is 67.8 Å². The maximum Gasteiger partial charge on any atom is 0.220 e. The molecule has 2 fully saturated rings. The van der Waals surface area contributed by atoms with Gasteiger partial charge in [0.2, 0.25) is 5.91 Å². The van der Waals surface area contributed by atoms with Gasteiger partial charge in [-0.15, -0.1) is 0 Å². The largest absolute Gasteiger partial charge is 0.394 e. The second kappa shape index (κ2) is 67.8. The molecule has 0 spiro atoms. The number of carbonyl (C=O) groups is 1. The van der Waals surface area contributed by atoms with Crippen molar-refractivity contribution in [3.8, 4) is 0 Å². The van der Waals surface area contributed by atoms with E-state index in [4.69, 9.17) is 18.9 Å². The monoisotopic (exact) mass is 1390 g/mol. The summed E-state index contributed by atoms with van der Waals surface area (Å²) in [6.07, 6.45) is 76.1. The van der Waals surface area contributed by atoms with Crippen LogP contribution >= 0.6 is 0 Å². The molecule has 2 aliphatic rings. The van der Waals surface area contributed by atoms with Crippen molar-refractivity contribution in [3.05, 3.63) is 60.8 Å². The van der Waals surface area contributed by atoms with Crippen molar-refractivity contribution in [2.75, 3.05) is 19.8 Å². The van der Waals surface area contributed by atoms with Gasteiger partial charge in [0.25, 0.3) is 0 Å². The first-order chi connectivity index (χ1) is 48.1. The molecule has 574 valence electrons. The van der Waals surface area contributed by atoms with Crippen LogP contribution in [0, 0.1) is 0 Å². The van der Waals surface area contributed by atoms with Gasteiger partial charge in [-0.2, -0.15) is 0 Å². The Morgan fingerprint density at radius 1 is 0.367 bits per heavy atom. The molecule has 12 unspecified atom stereocenters. The topological polar surface area (TPSA) is 228 Å². The van der Waals surface area contributed by atoms with Crippen molar-refractivity contribution in [2.45, 2.75) is 447 Å². The molecular weight excluding hydrogens is 1230 g/mol. The highest BCUT2D eigenvalue weighted by Gasteiger charge is 2.51. The highest BCUT2D eigenvalue weighted by atomic mass is 16.7. The fraction of sp³-hybridized carbons (Fsp3) is 0.869. The van der Waals surface area contributed by atoms with E-state index in [1.807, 2.05) is 6.08 Å². The lowest BCUT2D eigenvalue weighted by Crippen LogP contribution is -2.65. The Morgan fingerprint density at radius 3 is 1.06 bits per heavy atom. The maximum atomic E-state index is 13.4. The van der Waals surface area contributed by atoms with Crippen molar-refractivity contribution in [1.82, 2.24) is 5.32 Å². The van der Waals surface area contributed by atoms with Gasteiger partial charge < -0.3 is 65.1 Å². The van der Waals surface area contributed by atoms with E-state index < -0.39 is 86.8 Å². The number of ether oxygens (including phenoxy) is 4. The first-order valence-electron chi connectivity index (χ1n) is 41.5. The molecule has 0 aromatic carbocycles. The number of hydrogen-bond donors (Lipinski definition) is 9. The summed E-state index contributed by atoms with van der Waals surface area (Å²) in [5.41, 5.74) is 0. The smallest absolute Gasteiger partial charge is 0.220 e. The highest BCUT2D eigenvalue weighted by molar-refractivity contribution is 5.76. The first kappa shape index (κ1) is 91.8. The number of carbonyl (C=O) groups excluding carboxylic acids is 1. The molecular formula is C84H155NO13. The molecule has 12 atom stereocenters. The summed E-state index contributed by atoms with van der Waals surface area (Å²) in [5.74, 6) is -0.247. The number of aliphatic hydroxyl groups excluding tert-OH is 8. The Kier molecular flexibility index (Phi) is 63.5. The van der Waals surface area contributed by atoms with Crippen LogP contribution in [0.1, 0.15) is 373 Å². The lowest BCUT2D eigenvalue weighted by Gasteiger charge is -2.46. The molecule has 0 bridgehead atoms. The molecule has 1 amide bonds. The highest BCUT2D eigenvalue weighted by Crippen LogP contribution is 2.30. The Labute approximate surface area is 600 Å². The first-order valence-corrected chi connectivity index (χ1v) is 41.5. The van der Waals surface area contributed by atoms with Crippen LogP contribution in [-0.2, 0) is 23.7 Å². The minimum atomic E-state index is -1.79. The summed E-state index contributed by atoms with van der Waals surface area (Å²) in [7, 11) is 0. The quantitative estimate of drug-likeness (QED) is 0.0204. The fourth-order valence-corrected chi connectivity index (χ4v) is 13.6. The molecule has 0 saturated carbocycles. The van der Waals surface area contributed by atoms with Gasteiger partial charge in [-0.1, -0.05) is 351 Å². The lowest BCUT2D eigenvalue weighted by atomic mass is 9.97. The minimum Gasteiger partial charge on any atom is -0.394 e. The van der Waals surface area contributed by atoms with E-state index in [0.29, 0.717) is 12.8 Å². The van der Waals surface area contributed by atoms with E-state index in [1.165, 1.54) is 289 Å². The van der Waals surface area contributed by atoms with Crippen LogP contribution in [0.4, 0.5) is 0 Å². The number of rotatable bonds is 70. The van der Waals surface area contributed by atoms with Crippen molar-refractivity contribution < 1.29 is 64.6 Å². The molecule has 98 heavy (non-hydrogen) atoms. The van der Waals surface area contributed by atoms with Crippen LogP contribution in [0.25, 0.3) is 0 Å². The van der Waals surface area contributed by atoms with Gasteiger partial charge in [-0.3, -0.25) is 4.79 Å². The van der Waals surface area contributed by atoms with Gasteiger partial charge in [-0.25, -0.2) is 0 Å². The normalized spacial score (nSPS) is 22.3. The fourth-order valence-electron chi connectivity index (χ4n) is 13.6. The summed E-state index contributed by atoms with van der Waals surface area (Å²) >= 11 is 0. The maximum absolute atomic E-state index is 13.4. The summed E-state index contributed by atoms with van der Waals surface area (Å²) in [6, 6.07) is -0.940. The Bertz CT molecular complexity index is 1880. The summed E-state index contributed by atoms with van der Waals surface area (Å²) in [5, 5.41) is 87.6. The van der Waals surface area contributed by atoms with Crippen molar-refractivity contribution in [3.63, 3.8) is 0 Å². The van der Waals surface area contributed by atoms with Gasteiger partial charge in [0.15, 0.2) is 12.6 Å². The Morgan fingerprint density at radius 2 is 0.684 bits per heavy atom. The van der Waals surface area contributed by atoms with Crippen LogP contribution in [0.15, 0.2) is 60.8 Å². The number of allylic oxidation sites excluding steroid dienone is 9. The summed E-state index contributed by atoms with van der Waals surface area (Å²) in [6.45, 7) is 2.82. The SMILES string of the molecule is CCCCCCC/C=C\C/C=C\CCCCCCCCCCCCCCCCCCCCCCCCCCCCCC(=O)NC(COC1OC(CO)C(OC2OC(CO)C(O)C(O)C2O)C(O)C1O)C(O)/C=C/CC/C=C/CC/C=C/CCCCCCCCCCCCCCCCC. The van der Waals surface area contributed by atoms with Crippen LogP contribution in [-0.4, -0.2) is 140 Å². The standard InChI is InChI=1S/C84H155NO13/c1-3-5-7-9-11-13-15-17-19-21-23-25-27-29-30-31-32-33-34-35-36-37-38-39-40-41-42-44-46-48-50-52-54-56-58-60-62-64-66-68-76(89)85-72(71-95-83-81(94)79(92)82(75(70-87)97-83)98-84-80(93)78(91)77(90)74(69-86)96-84)73(88)67-65-63-61-59-57-55-53-51-49-47-45-43-28-26-24-22-20-18-16-14-12-10-8-6-4-2/h15,17,21,23,49,51,57,59,65,67,72-75,77-84,86-88,90-94H,3-14,16,18-20,22,24-48,50,52-56,58,60-64,66,68-71H2,1-2H3,(H,85,89)/b17-15-,23-21-,51-49+,59-57+,67-65+. The molecule has 9 N–H and O–H groups in total. The molecule has 14 heteroatoms. The number of amides is 1. The second-order valence-electron chi connectivity index (χ2n) is 29.2. The Hall–Kier alpha value is -2.31. The number of aliphatic hydroxyl groups is 8. The number of unbranched alkanes of at least 4 members (excludes halogenated alkanes) is 49. The van der Waals surface area contributed by atoms with Crippen molar-refractivity contribution in [1.29, 1.82) is 0 Å². The van der Waals surface area contributed by atoms with Crippen LogP contribution in [0.2, 0.25) is 0 Å². The zero-order valence-electron chi connectivity index (χ0n) is 63.0. The molecule has 2 rings (SSSR count). The summed E-state index contributed by atoms with van der Waals surface area (Å²) in [4.78, 5) is 13.4. The third kappa shape index (κ3) is 50.2. The average molecular weight is 1390 g/mol. The van der Waals surface area contributed by atoms with E-state index in [1.54, 1.807) is 6.08 Å². The van der Waals surface area contributed by atoms with Crippen LogP contribution in [0.3, 0.4) is 0 Å². The molecule has 0 aromatic heterocycles. The van der Waals surface area contributed by atoms with Gasteiger partial charge in [0.05, 0.1) is 32.0 Å². The summed E-state index contributed by atoms with van der Waals surface area (Å²) < 4.78 is 22.9. The van der Waals surface area contributed by atoms with E-state index >= 15 is 0 Å². The molecule has 2 aliphatic heterocycles.